The highest BCUT2D eigenvalue weighted by Crippen LogP contribution is 2.35. The summed E-state index contributed by atoms with van der Waals surface area (Å²) >= 11 is 0. The Morgan fingerprint density at radius 2 is 0.634 bits per heavy atom. The quantitative estimate of drug-likeness (QED) is 0.0387. The highest BCUT2D eigenvalue weighted by molar-refractivity contribution is 5.88. The largest absolute Gasteiger partial charge is 0.369 e. The number of fused-ring (bicyclic) bond motifs is 4. The van der Waals surface area contributed by atoms with Crippen molar-refractivity contribution in [3.05, 3.63) is 169 Å². The minimum absolute atomic E-state index is 0.136. The van der Waals surface area contributed by atoms with Crippen LogP contribution in [0, 0.1) is 20.8 Å². The number of likely N-dealkylation sites (N-methyl/N-ethyl adjacent to an activating group) is 1. The number of aryl methyl sites for hydroxylation is 3. The van der Waals surface area contributed by atoms with Crippen molar-refractivity contribution in [3.8, 4) is 0 Å². The molecule has 650 valence electrons. The van der Waals surface area contributed by atoms with Crippen LogP contribution in [0.3, 0.4) is 0 Å². The Balaban J connectivity index is 0.000000141. The van der Waals surface area contributed by atoms with Crippen molar-refractivity contribution in [2.45, 2.75) is 172 Å². The van der Waals surface area contributed by atoms with Crippen molar-refractivity contribution < 1.29 is 19.2 Å². The van der Waals surface area contributed by atoms with Crippen LogP contribution in [0.25, 0.3) is 44.1 Å². The van der Waals surface area contributed by atoms with E-state index in [0.29, 0.717) is 47.6 Å². The molecule has 28 heteroatoms. The zero-order chi connectivity index (χ0) is 87.0. The van der Waals surface area contributed by atoms with Gasteiger partial charge in [-0.05, 0) is 200 Å². The van der Waals surface area contributed by atoms with E-state index in [1.807, 2.05) is 56.1 Å². The molecule has 3 amide bonds. The second kappa shape index (κ2) is 41.1. The number of hydrogen-bond donors (Lipinski definition) is 4. The van der Waals surface area contributed by atoms with Gasteiger partial charge >= 0.3 is 0 Å². The summed E-state index contributed by atoms with van der Waals surface area (Å²) in [5.74, 6) is 2.82. The summed E-state index contributed by atoms with van der Waals surface area (Å²) in [6, 6.07) is 39.1. The first kappa shape index (κ1) is 88.6. The van der Waals surface area contributed by atoms with E-state index in [1.54, 1.807) is 27.0 Å². The smallest absolute Gasteiger partial charge is 0.229 e. The lowest BCUT2D eigenvalue weighted by Crippen LogP contribution is -2.48. The molecule has 0 aliphatic carbocycles. The Labute approximate surface area is 724 Å². The highest BCUT2D eigenvalue weighted by atomic mass is 16.2. The Morgan fingerprint density at radius 3 is 0.935 bits per heavy atom. The van der Waals surface area contributed by atoms with E-state index in [9.17, 15) is 19.2 Å². The normalized spacial score (nSPS) is 14.6. The molecule has 0 bridgehead atoms. The number of aromatic nitrogens is 12. The fraction of sp³-hybridized carbons (Fsp3) is 0.453. The summed E-state index contributed by atoms with van der Waals surface area (Å²) in [5, 5.41) is 17.6. The fourth-order valence-electron chi connectivity index (χ4n) is 17.4. The van der Waals surface area contributed by atoms with Gasteiger partial charge in [-0.1, -0.05) is 55.4 Å². The first-order valence-electron chi connectivity index (χ1n) is 44.4. The molecule has 0 radical (unpaired) electrons. The molecular formula is C95H126N24O4. The first-order chi connectivity index (χ1) is 59.6. The number of benzene rings is 4. The molecule has 4 N–H and O–H groups in total. The molecule has 28 nitrogen and oxygen atoms in total. The number of nitrogens with zero attached hydrogens (tertiary/aromatic N) is 20. The van der Waals surface area contributed by atoms with Crippen molar-refractivity contribution in [1.82, 2.24) is 77.7 Å². The van der Waals surface area contributed by atoms with Gasteiger partial charge in [-0.2, -0.15) is 19.9 Å². The van der Waals surface area contributed by atoms with Gasteiger partial charge in [0.25, 0.3) is 0 Å². The minimum atomic E-state index is 0.136. The molecule has 0 spiro atoms. The monoisotopic (exact) mass is 1670 g/mol. The zero-order valence-electron chi connectivity index (χ0n) is 74.8. The molecular weight excluding hydrogens is 1540 g/mol. The average Bonchev–Trinajstić information content (AvgIpc) is 1.64. The Morgan fingerprint density at radius 1 is 0.358 bits per heavy atom. The summed E-state index contributed by atoms with van der Waals surface area (Å²) in [4.78, 5) is 101. The molecule has 0 saturated carbocycles. The maximum atomic E-state index is 11.6. The van der Waals surface area contributed by atoms with Crippen LogP contribution in [-0.4, -0.2) is 214 Å². The lowest BCUT2D eigenvalue weighted by atomic mass is 10.1. The number of amides is 3. The van der Waals surface area contributed by atoms with E-state index in [0.717, 1.165) is 235 Å². The summed E-state index contributed by atoms with van der Waals surface area (Å²) in [6.45, 7) is 43.0. The number of rotatable bonds is 25. The van der Waals surface area contributed by atoms with Crippen LogP contribution >= 0.6 is 0 Å². The highest BCUT2D eigenvalue weighted by Gasteiger charge is 2.26. The fourth-order valence-corrected chi connectivity index (χ4v) is 17.4. The van der Waals surface area contributed by atoms with Crippen molar-refractivity contribution >= 4 is 137 Å². The second-order valence-corrected chi connectivity index (χ2v) is 32.8. The Bertz CT molecular complexity index is 5410. The van der Waals surface area contributed by atoms with Crippen LogP contribution in [0.2, 0.25) is 0 Å². The van der Waals surface area contributed by atoms with Crippen molar-refractivity contribution in [2.24, 2.45) is 0 Å². The van der Waals surface area contributed by atoms with Crippen LogP contribution in [0.15, 0.2) is 146 Å². The van der Waals surface area contributed by atoms with E-state index in [2.05, 4.69) is 266 Å². The van der Waals surface area contributed by atoms with E-state index in [-0.39, 0.29) is 23.8 Å². The second-order valence-electron chi connectivity index (χ2n) is 32.8. The van der Waals surface area contributed by atoms with Crippen molar-refractivity contribution in [1.29, 1.82) is 0 Å². The van der Waals surface area contributed by atoms with E-state index < -0.39 is 0 Å². The number of carbonyl (C=O) groups excluding carboxylic acids is 4. The number of nitrogens with one attached hydrogen (secondary N) is 4. The predicted molar refractivity (Wildman–Crippen MR) is 500 cm³/mol. The van der Waals surface area contributed by atoms with Gasteiger partial charge < -0.3 is 78.7 Å². The molecule has 0 atom stereocenters. The van der Waals surface area contributed by atoms with Crippen LogP contribution in [0.1, 0.15) is 179 Å². The molecule has 12 heterocycles. The maximum Gasteiger partial charge on any atom is 0.229 e. The molecule has 4 aromatic carbocycles. The molecule has 8 aromatic heterocycles. The Hall–Kier alpha value is -12.2. The number of carbonyl (C=O) groups is 4. The SMILES string of the molecule is CCC(CC)n1c(C)cc2cnc(Nc3ccc(N4CCN(C(C)=O)CC4)cc3)nc21.CCC(CC)n1c(C=O)cc2cnc(Nc3ccc(N4CCN(C(C)=O)CC4)cc3)nc21.CCC(CC)n1cc(C)c2cnc(Nc3ccc(N4CCN(C(C)=O)CC4)cc3)nc21.CCC(CC)n1cc(C)c2cnc(Nc3ccc(N4CCN(C)CC4)cc3)nc21. The van der Waals surface area contributed by atoms with Gasteiger partial charge in [-0.15, -0.1) is 0 Å². The van der Waals surface area contributed by atoms with Crippen molar-refractivity contribution in [3.63, 3.8) is 0 Å². The van der Waals surface area contributed by atoms with Gasteiger partial charge in [0.2, 0.25) is 41.5 Å². The molecule has 16 rings (SSSR count). The van der Waals surface area contributed by atoms with Gasteiger partial charge in [0, 0.05) is 260 Å². The average molecular weight is 1670 g/mol. The third-order valence-electron chi connectivity index (χ3n) is 25.0. The van der Waals surface area contributed by atoms with Crippen LogP contribution in [0.4, 0.5) is 69.3 Å². The lowest BCUT2D eigenvalue weighted by molar-refractivity contribution is -0.129. The summed E-state index contributed by atoms with van der Waals surface area (Å²) in [6.07, 6.45) is 21.2. The lowest BCUT2D eigenvalue weighted by Gasteiger charge is -2.35. The standard InChI is InChI=1S/C24H30N6O2.2C24H32N6O.C23H32N6/c1-4-20(5-2)30-22(16-31)14-18-15-25-24(27-23(18)30)26-19-6-8-21(9-7-19)29-12-10-28(11-13-29)17(3)32;1-5-20(6-2)30-16-17(3)22-15-25-24(27-23(22)30)26-19-7-9-21(10-8-19)29-13-11-28(12-14-29)18(4)31;1-5-21(6-2)30-17(3)15-19-16-25-24(27-23(19)30)26-20-7-9-22(10-8-20)29-13-11-28(12-14-29)18(4)31;1-5-19(6-2)29-16-17(3)21-15-24-23(26-22(21)29)25-18-7-9-20(10-8-18)28-13-11-27(4)12-14-28/h6-9,14-16,20H,4-5,10-13H2,1-3H3,(H,25,26,27);7-10,15-16,20H,5-6,11-14H2,1-4H3,(H,25,26,27);7-10,15-16,21H,5-6,11-14H2,1-4H3,(H,25,26,27);7-10,15-16,19H,5-6,11-14H2,1-4H3,(H,24,25,26). The Kier molecular flexibility index (Phi) is 29.6. The van der Waals surface area contributed by atoms with Crippen LogP contribution in [0.5, 0.6) is 0 Å². The molecule has 123 heavy (non-hydrogen) atoms. The molecule has 12 aromatic rings. The van der Waals surface area contributed by atoms with Gasteiger partial charge in [0.15, 0.2) is 6.29 Å². The molecule has 4 fully saturated rings. The van der Waals surface area contributed by atoms with E-state index in [4.69, 9.17) is 19.9 Å². The number of aldehydes is 1. The minimum Gasteiger partial charge on any atom is -0.369 e. The predicted octanol–water partition coefficient (Wildman–Crippen LogP) is 17.6. The number of piperazine rings is 4. The summed E-state index contributed by atoms with van der Waals surface area (Å²) in [7, 11) is 2.18. The number of anilines is 12. The van der Waals surface area contributed by atoms with E-state index in [1.165, 1.54) is 33.9 Å². The van der Waals surface area contributed by atoms with Gasteiger partial charge in [-0.25, -0.2) is 19.9 Å². The van der Waals surface area contributed by atoms with E-state index >= 15 is 0 Å². The van der Waals surface area contributed by atoms with Gasteiger partial charge in [0.1, 0.15) is 22.6 Å². The summed E-state index contributed by atoms with van der Waals surface area (Å²) in [5.41, 5.74) is 16.7. The molecule has 0 unspecified atom stereocenters. The molecule has 4 aliphatic rings. The van der Waals surface area contributed by atoms with Gasteiger partial charge in [-0.3, -0.25) is 19.2 Å². The van der Waals surface area contributed by atoms with Crippen molar-refractivity contribution in [2.75, 3.05) is 153 Å². The van der Waals surface area contributed by atoms with Gasteiger partial charge in [0.05, 0.1) is 5.69 Å². The summed E-state index contributed by atoms with van der Waals surface area (Å²) < 4.78 is 8.97. The van der Waals surface area contributed by atoms with Crippen LogP contribution in [-0.2, 0) is 14.4 Å². The third-order valence-corrected chi connectivity index (χ3v) is 25.0. The topological polar surface area (TPSA) is 265 Å². The molecule has 4 aliphatic heterocycles. The maximum absolute atomic E-state index is 11.6. The van der Waals surface area contributed by atoms with Crippen LogP contribution < -0.4 is 40.9 Å². The first-order valence-corrected chi connectivity index (χ1v) is 44.4. The number of hydrogen-bond acceptors (Lipinski definition) is 21. The zero-order valence-corrected chi connectivity index (χ0v) is 74.8. The molecule has 4 saturated heterocycles. The third kappa shape index (κ3) is 21.1.